The highest BCUT2D eigenvalue weighted by Crippen LogP contribution is 2.11. The molecule has 1 N–H and O–H groups in total. The minimum absolute atomic E-state index is 0.134. The van der Waals surface area contributed by atoms with Crippen LogP contribution in [-0.4, -0.2) is 29.9 Å². The average Bonchev–Trinajstić information content (AvgIpc) is 2.17. The van der Waals surface area contributed by atoms with Gasteiger partial charge in [-0.25, -0.2) is 4.79 Å². The molecule has 4 nitrogen and oxygen atoms in total. The third-order valence-electron chi connectivity index (χ3n) is 1.85. The first kappa shape index (κ1) is 8.04. The third kappa shape index (κ3) is 1.20. The second kappa shape index (κ2) is 2.53. The predicted molar refractivity (Wildman–Crippen MR) is 39.9 cm³/mol. The number of amides is 3. The van der Waals surface area contributed by atoms with E-state index in [-0.39, 0.29) is 23.9 Å². The Morgan fingerprint density at radius 1 is 1.45 bits per heavy atom. The Bertz CT molecular complexity index is 201. The van der Waals surface area contributed by atoms with Crippen LogP contribution in [0.2, 0.25) is 0 Å². The van der Waals surface area contributed by atoms with Crippen molar-refractivity contribution in [3.05, 3.63) is 0 Å². The van der Waals surface area contributed by atoms with Gasteiger partial charge in [-0.05, 0) is 5.92 Å². The predicted octanol–water partition coefficient (Wildman–Crippen LogP) is 0.193. The molecule has 4 heteroatoms. The largest absolute Gasteiger partial charge is 0.326 e. The average molecular weight is 156 g/mol. The van der Waals surface area contributed by atoms with Crippen LogP contribution in [0.15, 0.2) is 0 Å². The summed E-state index contributed by atoms with van der Waals surface area (Å²) in [6.07, 6.45) is 0. The van der Waals surface area contributed by atoms with Crippen molar-refractivity contribution >= 4 is 11.9 Å². The van der Waals surface area contributed by atoms with E-state index in [2.05, 4.69) is 5.32 Å². The van der Waals surface area contributed by atoms with E-state index in [1.165, 1.54) is 7.05 Å². The molecule has 0 spiro atoms. The normalized spacial score (nSPS) is 24.7. The number of rotatable bonds is 1. The number of nitrogens with zero attached hydrogens (tertiary/aromatic N) is 1. The van der Waals surface area contributed by atoms with Crippen molar-refractivity contribution in [1.29, 1.82) is 0 Å². The Morgan fingerprint density at radius 3 is 2.18 bits per heavy atom. The molecule has 0 radical (unpaired) electrons. The van der Waals surface area contributed by atoms with Gasteiger partial charge < -0.3 is 5.32 Å². The van der Waals surface area contributed by atoms with Crippen molar-refractivity contribution < 1.29 is 9.59 Å². The summed E-state index contributed by atoms with van der Waals surface area (Å²) < 4.78 is 0. The molecule has 0 unspecified atom stereocenters. The SMILES string of the molecule is CC(C)[C@H]1NC(=O)N(C)C1=O. The van der Waals surface area contributed by atoms with Crippen LogP contribution in [0.4, 0.5) is 4.79 Å². The topological polar surface area (TPSA) is 49.4 Å². The summed E-state index contributed by atoms with van der Waals surface area (Å²) in [5.74, 6) is 0.0291. The minimum atomic E-state index is -0.326. The first-order valence-electron chi connectivity index (χ1n) is 3.62. The number of nitrogens with one attached hydrogen (secondary N) is 1. The van der Waals surface area contributed by atoms with E-state index in [9.17, 15) is 9.59 Å². The highest BCUT2D eigenvalue weighted by Gasteiger charge is 2.36. The van der Waals surface area contributed by atoms with Crippen LogP contribution in [0.1, 0.15) is 13.8 Å². The smallest absolute Gasteiger partial charge is 0.324 e. The molecule has 0 aromatic carbocycles. The molecule has 1 fully saturated rings. The van der Waals surface area contributed by atoms with Crippen molar-refractivity contribution in [3.8, 4) is 0 Å². The van der Waals surface area contributed by atoms with Gasteiger partial charge in [0.15, 0.2) is 0 Å². The fourth-order valence-electron chi connectivity index (χ4n) is 1.05. The fourth-order valence-corrected chi connectivity index (χ4v) is 1.05. The zero-order chi connectivity index (χ0) is 8.59. The zero-order valence-electron chi connectivity index (χ0n) is 6.92. The van der Waals surface area contributed by atoms with Crippen LogP contribution in [-0.2, 0) is 4.79 Å². The Labute approximate surface area is 65.6 Å². The monoisotopic (exact) mass is 156 g/mol. The number of hydrogen-bond acceptors (Lipinski definition) is 2. The quantitative estimate of drug-likeness (QED) is 0.551. The molecule has 1 heterocycles. The van der Waals surface area contributed by atoms with Crippen molar-refractivity contribution in [3.63, 3.8) is 0 Å². The van der Waals surface area contributed by atoms with Gasteiger partial charge in [0.05, 0.1) is 0 Å². The molecule has 3 amide bonds. The molecule has 0 aromatic heterocycles. The summed E-state index contributed by atoms with van der Waals surface area (Å²) >= 11 is 0. The summed E-state index contributed by atoms with van der Waals surface area (Å²) in [4.78, 5) is 23.2. The second-order valence-corrected chi connectivity index (χ2v) is 3.07. The standard InChI is InChI=1S/C7H12N2O2/c1-4(2)5-6(10)9(3)7(11)8-5/h4-5H,1-3H3,(H,8,11)/t5-/m1/s1. The number of carbonyl (C=O) groups excluding carboxylic acids is 2. The van der Waals surface area contributed by atoms with Crippen LogP contribution >= 0.6 is 0 Å². The summed E-state index contributed by atoms with van der Waals surface area (Å²) in [6, 6.07) is -0.624. The van der Waals surface area contributed by atoms with Crippen molar-refractivity contribution in [1.82, 2.24) is 10.2 Å². The van der Waals surface area contributed by atoms with E-state index in [1.807, 2.05) is 13.8 Å². The van der Waals surface area contributed by atoms with Gasteiger partial charge in [-0.2, -0.15) is 0 Å². The maximum absolute atomic E-state index is 11.2. The highest BCUT2D eigenvalue weighted by molar-refractivity contribution is 6.03. The van der Waals surface area contributed by atoms with Gasteiger partial charge in [0, 0.05) is 7.05 Å². The maximum Gasteiger partial charge on any atom is 0.324 e. The van der Waals surface area contributed by atoms with Gasteiger partial charge in [-0.15, -0.1) is 0 Å². The van der Waals surface area contributed by atoms with E-state index in [0.29, 0.717) is 0 Å². The fraction of sp³-hybridized carbons (Fsp3) is 0.714. The molecule has 0 aromatic rings. The van der Waals surface area contributed by atoms with Gasteiger partial charge in [-0.3, -0.25) is 9.69 Å². The molecule has 1 aliphatic rings. The Kier molecular flexibility index (Phi) is 1.85. The second-order valence-electron chi connectivity index (χ2n) is 3.07. The lowest BCUT2D eigenvalue weighted by atomic mass is 10.1. The molecule has 0 bridgehead atoms. The van der Waals surface area contributed by atoms with E-state index in [0.717, 1.165) is 4.90 Å². The molecule has 1 aliphatic heterocycles. The minimum Gasteiger partial charge on any atom is -0.326 e. The lowest BCUT2D eigenvalue weighted by Gasteiger charge is -2.10. The Morgan fingerprint density at radius 2 is 2.00 bits per heavy atom. The van der Waals surface area contributed by atoms with Crippen LogP contribution < -0.4 is 5.32 Å². The molecule has 1 atom stereocenters. The summed E-state index contributed by atoms with van der Waals surface area (Å²) in [5, 5.41) is 2.59. The first-order chi connectivity index (χ1) is 5.04. The maximum atomic E-state index is 11.2. The molecule has 62 valence electrons. The number of imide groups is 1. The number of urea groups is 1. The lowest BCUT2D eigenvalue weighted by molar-refractivity contribution is -0.127. The lowest BCUT2D eigenvalue weighted by Crippen LogP contribution is -2.34. The highest BCUT2D eigenvalue weighted by atomic mass is 16.2. The first-order valence-corrected chi connectivity index (χ1v) is 3.62. The molecule has 0 saturated carbocycles. The van der Waals surface area contributed by atoms with E-state index >= 15 is 0 Å². The molecule has 1 saturated heterocycles. The zero-order valence-corrected chi connectivity index (χ0v) is 6.92. The number of hydrogen-bond donors (Lipinski definition) is 1. The molecule has 0 aliphatic carbocycles. The molecule has 11 heavy (non-hydrogen) atoms. The summed E-state index contributed by atoms with van der Waals surface area (Å²) in [6.45, 7) is 3.81. The van der Waals surface area contributed by atoms with Gasteiger partial charge in [0.1, 0.15) is 6.04 Å². The van der Waals surface area contributed by atoms with Gasteiger partial charge in [0.25, 0.3) is 5.91 Å². The van der Waals surface area contributed by atoms with Crippen LogP contribution in [0.5, 0.6) is 0 Å². The van der Waals surface area contributed by atoms with E-state index in [1.54, 1.807) is 0 Å². The van der Waals surface area contributed by atoms with Crippen LogP contribution in [0.25, 0.3) is 0 Å². The van der Waals surface area contributed by atoms with Crippen LogP contribution in [0.3, 0.4) is 0 Å². The summed E-state index contributed by atoms with van der Waals surface area (Å²) in [7, 11) is 1.49. The number of carbonyl (C=O) groups is 2. The third-order valence-corrected chi connectivity index (χ3v) is 1.85. The Balaban J connectivity index is 2.75. The van der Waals surface area contributed by atoms with Gasteiger partial charge >= 0.3 is 6.03 Å². The van der Waals surface area contributed by atoms with E-state index < -0.39 is 0 Å². The van der Waals surface area contributed by atoms with Gasteiger partial charge in [-0.1, -0.05) is 13.8 Å². The summed E-state index contributed by atoms with van der Waals surface area (Å²) in [5.41, 5.74) is 0. The Hall–Kier alpha value is -1.06. The van der Waals surface area contributed by atoms with Gasteiger partial charge in [0.2, 0.25) is 0 Å². The van der Waals surface area contributed by atoms with E-state index in [4.69, 9.17) is 0 Å². The van der Waals surface area contributed by atoms with Crippen LogP contribution in [0, 0.1) is 5.92 Å². The molecular weight excluding hydrogens is 144 g/mol. The molecule has 1 rings (SSSR count). The van der Waals surface area contributed by atoms with Crippen molar-refractivity contribution in [2.24, 2.45) is 5.92 Å². The van der Waals surface area contributed by atoms with Crippen molar-refractivity contribution in [2.75, 3.05) is 7.05 Å². The molecular formula is C7H12N2O2. The van der Waals surface area contributed by atoms with Crippen molar-refractivity contribution in [2.45, 2.75) is 19.9 Å². The number of likely N-dealkylation sites (N-methyl/N-ethyl adjacent to an activating group) is 1.